The van der Waals surface area contributed by atoms with E-state index in [1.165, 1.54) is 12.1 Å². The molecule has 0 radical (unpaired) electrons. The summed E-state index contributed by atoms with van der Waals surface area (Å²) < 4.78 is 40.6. The van der Waals surface area contributed by atoms with Gasteiger partial charge in [-0.05, 0) is 51.8 Å². The third-order valence-corrected chi connectivity index (χ3v) is 2.93. The normalized spacial score (nSPS) is 11.1. The first-order valence-electron chi connectivity index (χ1n) is 6.07. The summed E-state index contributed by atoms with van der Waals surface area (Å²) in [4.78, 5) is 15.8. The first kappa shape index (κ1) is 16.3. The smallest absolute Gasteiger partial charge is 0.406 e. The van der Waals surface area contributed by atoms with Crippen molar-refractivity contribution in [2.45, 2.75) is 12.8 Å². The van der Waals surface area contributed by atoms with E-state index in [2.05, 4.69) is 31.0 Å². The number of nitrogens with zero attached hydrogens (tertiary/aromatic N) is 1. The van der Waals surface area contributed by atoms with Gasteiger partial charge in [-0.2, -0.15) is 0 Å². The van der Waals surface area contributed by atoms with Crippen molar-refractivity contribution >= 4 is 27.5 Å². The van der Waals surface area contributed by atoms with Crippen molar-refractivity contribution in [1.82, 2.24) is 4.98 Å². The standard InChI is InChI=1S/C14H10BrF3N2O2/c15-10-5-9(7-19-8-10)6-13(21)20-11-1-3-12(4-2-11)22-14(16,17)18/h1-5,7-8H,6H2,(H,20,21). The summed E-state index contributed by atoms with van der Waals surface area (Å²) >= 11 is 3.25. The van der Waals surface area contributed by atoms with Crippen LogP contribution in [0.15, 0.2) is 47.2 Å². The lowest BCUT2D eigenvalue weighted by Gasteiger charge is -2.10. The minimum Gasteiger partial charge on any atom is -0.406 e. The molecule has 1 aromatic heterocycles. The average Bonchev–Trinajstić information content (AvgIpc) is 2.39. The number of halogens is 4. The number of hydrogen-bond donors (Lipinski definition) is 1. The lowest BCUT2D eigenvalue weighted by Crippen LogP contribution is -2.17. The number of anilines is 1. The Morgan fingerprint density at radius 1 is 1.23 bits per heavy atom. The molecule has 0 aliphatic carbocycles. The Morgan fingerprint density at radius 3 is 2.50 bits per heavy atom. The zero-order valence-corrected chi connectivity index (χ0v) is 12.6. The van der Waals surface area contributed by atoms with Crippen molar-refractivity contribution in [2.24, 2.45) is 0 Å². The number of aromatic nitrogens is 1. The van der Waals surface area contributed by atoms with Gasteiger partial charge in [-0.1, -0.05) is 0 Å². The molecular weight excluding hydrogens is 365 g/mol. The molecule has 1 N–H and O–H groups in total. The molecule has 0 fully saturated rings. The number of carbonyl (C=O) groups is 1. The zero-order chi connectivity index (χ0) is 16.2. The number of alkyl halides is 3. The van der Waals surface area contributed by atoms with Crippen LogP contribution >= 0.6 is 15.9 Å². The van der Waals surface area contributed by atoms with Gasteiger partial charge < -0.3 is 10.1 Å². The SMILES string of the molecule is O=C(Cc1cncc(Br)c1)Nc1ccc(OC(F)(F)F)cc1. The summed E-state index contributed by atoms with van der Waals surface area (Å²) in [7, 11) is 0. The maximum Gasteiger partial charge on any atom is 0.573 e. The highest BCUT2D eigenvalue weighted by molar-refractivity contribution is 9.10. The van der Waals surface area contributed by atoms with Gasteiger partial charge in [0.15, 0.2) is 0 Å². The summed E-state index contributed by atoms with van der Waals surface area (Å²) in [6.45, 7) is 0. The number of hydrogen-bond acceptors (Lipinski definition) is 3. The van der Waals surface area contributed by atoms with Gasteiger partial charge in [0, 0.05) is 22.6 Å². The molecular formula is C14H10BrF3N2O2. The Morgan fingerprint density at radius 2 is 1.91 bits per heavy atom. The van der Waals surface area contributed by atoms with Crippen molar-refractivity contribution in [1.29, 1.82) is 0 Å². The number of carbonyl (C=O) groups excluding carboxylic acids is 1. The van der Waals surface area contributed by atoms with Crippen molar-refractivity contribution < 1.29 is 22.7 Å². The summed E-state index contributed by atoms with van der Waals surface area (Å²) in [6.07, 6.45) is -1.48. The lowest BCUT2D eigenvalue weighted by molar-refractivity contribution is -0.274. The molecule has 0 bridgehead atoms. The van der Waals surface area contributed by atoms with Gasteiger partial charge in [0.2, 0.25) is 5.91 Å². The molecule has 0 atom stereocenters. The minimum atomic E-state index is -4.74. The molecule has 1 aromatic carbocycles. The van der Waals surface area contributed by atoms with E-state index in [0.717, 1.165) is 16.6 Å². The predicted molar refractivity (Wildman–Crippen MR) is 77.4 cm³/mol. The third-order valence-electron chi connectivity index (χ3n) is 2.50. The quantitative estimate of drug-likeness (QED) is 0.882. The van der Waals surface area contributed by atoms with Crippen LogP contribution in [-0.2, 0) is 11.2 Å². The summed E-state index contributed by atoms with van der Waals surface area (Å²) in [5.74, 6) is -0.647. The van der Waals surface area contributed by atoms with Crippen LogP contribution in [0.4, 0.5) is 18.9 Å². The summed E-state index contributed by atoms with van der Waals surface area (Å²) in [6, 6.07) is 6.68. The van der Waals surface area contributed by atoms with E-state index in [1.54, 1.807) is 18.5 Å². The third kappa shape index (κ3) is 5.36. The van der Waals surface area contributed by atoms with E-state index in [-0.39, 0.29) is 18.1 Å². The number of benzene rings is 1. The lowest BCUT2D eigenvalue weighted by atomic mass is 10.2. The molecule has 4 nitrogen and oxygen atoms in total. The molecule has 0 unspecified atom stereocenters. The second-order valence-electron chi connectivity index (χ2n) is 4.31. The van der Waals surface area contributed by atoms with Crippen LogP contribution in [0.5, 0.6) is 5.75 Å². The number of nitrogens with one attached hydrogen (secondary N) is 1. The van der Waals surface area contributed by atoms with Gasteiger partial charge in [0.05, 0.1) is 6.42 Å². The molecule has 0 spiro atoms. The van der Waals surface area contributed by atoms with E-state index >= 15 is 0 Å². The van der Waals surface area contributed by atoms with Crippen LogP contribution in [0.2, 0.25) is 0 Å². The second kappa shape index (κ2) is 6.78. The van der Waals surface area contributed by atoms with Gasteiger partial charge in [0.25, 0.3) is 0 Å². The molecule has 2 aromatic rings. The molecule has 0 aliphatic heterocycles. The Balaban J connectivity index is 1.94. The molecule has 116 valence electrons. The Bertz CT molecular complexity index is 660. The first-order valence-corrected chi connectivity index (χ1v) is 6.86. The van der Waals surface area contributed by atoms with Crippen LogP contribution in [0, 0.1) is 0 Å². The van der Waals surface area contributed by atoms with E-state index in [4.69, 9.17) is 0 Å². The van der Waals surface area contributed by atoms with Crippen molar-refractivity contribution in [3.05, 3.63) is 52.8 Å². The maximum atomic E-state index is 12.0. The summed E-state index contributed by atoms with van der Waals surface area (Å²) in [5.41, 5.74) is 1.09. The largest absolute Gasteiger partial charge is 0.573 e. The van der Waals surface area contributed by atoms with E-state index in [1.807, 2.05) is 0 Å². The number of rotatable bonds is 4. The van der Waals surface area contributed by atoms with Crippen LogP contribution in [0.3, 0.4) is 0 Å². The molecule has 1 heterocycles. The second-order valence-corrected chi connectivity index (χ2v) is 5.22. The Hall–Kier alpha value is -2.09. The average molecular weight is 375 g/mol. The minimum absolute atomic E-state index is 0.104. The molecule has 0 saturated heterocycles. The van der Waals surface area contributed by atoms with Gasteiger partial charge in [-0.3, -0.25) is 9.78 Å². The fourth-order valence-electron chi connectivity index (χ4n) is 1.68. The molecule has 1 amide bonds. The van der Waals surface area contributed by atoms with Crippen LogP contribution in [0.25, 0.3) is 0 Å². The van der Waals surface area contributed by atoms with Crippen molar-refractivity contribution in [3.8, 4) is 5.75 Å². The van der Waals surface area contributed by atoms with E-state index < -0.39 is 6.36 Å². The van der Waals surface area contributed by atoms with E-state index in [0.29, 0.717) is 11.3 Å². The highest BCUT2D eigenvalue weighted by Gasteiger charge is 2.30. The molecule has 0 saturated carbocycles. The highest BCUT2D eigenvalue weighted by atomic mass is 79.9. The predicted octanol–water partition coefficient (Wildman–Crippen LogP) is 3.92. The fourth-order valence-corrected chi connectivity index (χ4v) is 2.10. The first-order chi connectivity index (χ1) is 10.3. The van der Waals surface area contributed by atoms with E-state index in [9.17, 15) is 18.0 Å². The monoisotopic (exact) mass is 374 g/mol. The highest BCUT2D eigenvalue weighted by Crippen LogP contribution is 2.24. The number of amides is 1. The molecule has 2 rings (SSSR count). The van der Waals surface area contributed by atoms with Crippen LogP contribution in [-0.4, -0.2) is 17.3 Å². The fraction of sp³-hybridized carbons (Fsp3) is 0.143. The molecule has 8 heteroatoms. The zero-order valence-electron chi connectivity index (χ0n) is 11.0. The van der Waals surface area contributed by atoms with Crippen molar-refractivity contribution in [3.63, 3.8) is 0 Å². The van der Waals surface area contributed by atoms with Crippen LogP contribution < -0.4 is 10.1 Å². The maximum absolute atomic E-state index is 12.0. The van der Waals surface area contributed by atoms with Crippen molar-refractivity contribution in [2.75, 3.05) is 5.32 Å². The number of pyridine rings is 1. The Kier molecular flexibility index (Phi) is 5.02. The Labute approximate surface area is 132 Å². The summed E-state index contributed by atoms with van der Waals surface area (Å²) in [5, 5.41) is 2.58. The van der Waals surface area contributed by atoms with Gasteiger partial charge in [0.1, 0.15) is 5.75 Å². The number of ether oxygens (including phenoxy) is 1. The molecule has 0 aliphatic rings. The topological polar surface area (TPSA) is 51.2 Å². The van der Waals surface area contributed by atoms with Gasteiger partial charge >= 0.3 is 6.36 Å². The van der Waals surface area contributed by atoms with Crippen LogP contribution in [0.1, 0.15) is 5.56 Å². The van der Waals surface area contributed by atoms with Gasteiger partial charge in [-0.15, -0.1) is 13.2 Å². The molecule has 22 heavy (non-hydrogen) atoms. The van der Waals surface area contributed by atoms with Gasteiger partial charge in [-0.25, -0.2) is 0 Å².